The molecule has 0 aliphatic heterocycles. The Hall–Kier alpha value is -1.98. The zero-order valence-electron chi connectivity index (χ0n) is 10.6. The molecule has 0 aliphatic rings. The van der Waals surface area contributed by atoms with Gasteiger partial charge < -0.3 is 10.2 Å². The molecule has 1 heterocycles. The van der Waals surface area contributed by atoms with Gasteiger partial charge in [-0.25, -0.2) is 4.79 Å². The monoisotopic (exact) mass is 252 g/mol. The molecule has 0 atom stereocenters. The maximum absolute atomic E-state index is 11.4. The van der Waals surface area contributed by atoms with E-state index in [1.54, 1.807) is 12.1 Å². The first-order valence-electron chi connectivity index (χ1n) is 6.13. The summed E-state index contributed by atoms with van der Waals surface area (Å²) in [6, 6.07) is 2.86. The van der Waals surface area contributed by atoms with E-state index in [-0.39, 0.29) is 5.96 Å². The zero-order valence-corrected chi connectivity index (χ0v) is 10.6. The number of rotatable bonds is 6. The first kappa shape index (κ1) is 14.1. The quantitative estimate of drug-likeness (QED) is 0.412. The minimum atomic E-state index is -0.459. The summed E-state index contributed by atoms with van der Waals surface area (Å²) in [5.74, 6) is 0.485. The van der Waals surface area contributed by atoms with Crippen molar-refractivity contribution in [2.24, 2.45) is 10.7 Å². The van der Waals surface area contributed by atoms with Crippen LogP contribution >= 0.6 is 0 Å². The van der Waals surface area contributed by atoms with E-state index in [9.17, 15) is 4.79 Å². The van der Waals surface area contributed by atoms with Gasteiger partial charge in [-0.1, -0.05) is 26.2 Å². The van der Waals surface area contributed by atoms with Crippen molar-refractivity contribution in [2.45, 2.75) is 32.6 Å². The second-order valence-corrected chi connectivity index (χ2v) is 3.88. The number of hydrogen-bond acceptors (Lipinski definition) is 3. The predicted octanol–water partition coefficient (Wildman–Crippen LogP) is 2.30. The van der Waals surface area contributed by atoms with Crippen LogP contribution in [-0.4, -0.2) is 18.5 Å². The number of nitrogens with two attached hydrogens (primary N) is 1. The van der Waals surface area contributed by atoms with Gasteiger partial charge in [0.2, 0.25) is 5.88 Å². The maximum atomic E-state index is 11.4. The van der Waals surface area contributed by atoms with E-state index in [1.807, 2.05) is 0 Å². The fourth-order valence-electron chi connectivity index (χ4n) is 1.39. The third-order valence-electron chi connectivity index (χ3n) is 2.29. The number of hydrogen-bond donors (Lipinski definition) is 3. The van der Waals surface area contributed by atoms with Crippen LogP contribution in [0.2, 0.25) is 0 Å². The molecule has 4 N–H and O–H groups in total. The van der Waals surface area contributed by atoms with Crippen molar-refractivity contribution >= 4 is 17.9 Å². The van der Waals surface area contributed by atoms with Crippen LogP contribution in [0.3, 0.4) is 0 Å². The number of aliphatic imine (C=N–C) groups is 1. The summed E-state index contributed by atoms with van der Waals surface area (Å²) in [6.07, 6.45) is 5.97. The Morgan fingerprint density at radius 2 is 2.28 bits per heavy atom. The van der Waals surface area contributed by atoms with E-state index in [0.717, 1.165) is 12.8 Å². The molecule has 0 spiro atoms. The predicted molar refractivity (Wildman–Crippen MR) is 71.5 cm³/mol. The summed E-state index contributed by atoms with van der Waals surface area (Å²) in [7, 11) is 0. The lowest BCUT2D eigenvalue weighted by molar-refractivity contribution is 0.255. The highest BCUT2D eigenvalue weighted by Crippen LogP contribution is 2.05. The molecule has 0 saturated carbocycles. The molecule has 6 nitrogen and oxygen atoms in total. The van der Waals surface area contributed by atoms with Crippen molar-refractivity contribution in [3.05, 3.63) is 18.4 Å². The standard InChI is InChI=1S/C12H20N4O2/c1-2-3-4-5-8-14-11(13)16-12(17)15-10-7-6-9-18-10/h6-7,9H,2-5,8H2,1H3,(H4,13,14,15,16,17). The first-order chi connectivity index (χ1) is 8.72. The van der Waals surface area contributed by atoms with Crippen molar-refractivity contribution in [1.29, 1.82) is 0 Å². The van der Waals surface area contributed by atoms with E-state index in [1.165, 1.54) is 19.1 Å². The average molecular weight is 252 g/mol. The number of amides is 2. The van der Waals surface area contributed by atoms with Gasteiger partial charge in [-0.15, -0.1) is 0 Å². The van der Waals surface area contributed by atoms with Gasteiger partial charge in [0.25, 0.3) is 0 Å². The Bertz CT molecular complexity index is 373. The molecule has 0 aromatic carbocycles. The van der Waals surface area contributed by atoms with Crippen LogP contribution in [0.1, 0.15) is 32.6 Å². The van der Waals surface area contributed by atoms with Crippen LogP contribution < -0.4 is 16.4 Å². The number of carbonyl (C=O) groups excluding carboxylic acids is 1. The SMILES string of the molecule is CCCCCCN=C(N)NC(=O)Nc1ccco1. The van der Waals surface area contributed by atoms with Gasteiger partial charge >= 0.3 is 6.03 Å². The highest BCUT2D eigenvalue weighted by molar-refractivity contribution is 6.01. The Morgan fingerprint density at radius 1 is 1.44 bits per heavy atom. The Kier molecular flexibility index (Phi) is 6.38. The number of carbonyl (C=O) groups is 1. The third kappa shape index (κ3) is 5.93. The largest absolute Gasteiger partial charge is 0.449 e. The number of anilines is 1. The Balaban J connectivity index is 2.20. The third-order valence-corrected chi connectivity index (χ3v) is 2.29. The van der Waals surface area contributed by atoms with Crippen molar-refractivity contribution in [3.8, 4) is 0 Å². The van der Waals surface area contributed by atoms with Crippen molar-refractivity contribution in [2.75, 3.05) is 11.9 Å². The van der Waals surface area contributed by atoms with Crippen LogP contribution in [0.15, 0.2) is 27.8 Å². The molecule has 0 saturated heterocycles. The summed E-state index contributed by atoms with van der Waals surface area (Å²) in [4.78, 5) is 15.5. The molecule has 0 unspecified atom stereocenters. The zero-order chi connectivity index (χ0) is 13.2. The molecular weight excluding hydrogens is 232 g/mol. The lowest BCUT2D eigenvalue weighted by Crippen LogP contribution is -2.39. The number of nitrogens with zero attached hydrogens (tertiary/aromatic N) is 1. The van der Waals surface area contributed by atoms with E-state index < -0.39 is 6.03 Å². The van der Waals surface area contributed by atoms with Crippen molar-refractivity contribution < 1.29 is 9.21 Å². The number of urea groups is 1. The minimum Gasteiger partial charge on any atom is -0.449 e. The van der Waals surface area contributed by atoms with Gasteiger partial charge in [0, 0.05) is 12.6 Å². The number of nitrogens with one attached hydrogen (secondary N) is 2. The summed E-state index contributed by atoms with van der Waals surface area (Å²) < 4.78 is 4.96. The number of unbranched alkanes of at least 4 members (excludes halogenated alkanes) is 3. The molecule has 1 rings (SSSR count). The van der Waals surface area contributed by atoms with Crippen LogP contribution in [0.4, 0.5) is 10.7 Å². The fraction of sp³-hybridized carbons (Fsp3) is 0.500. The van der Waals surface area contributed by atoms with Crippen LogP contribution in [0.5, 0.6) is 0 Å². The van der Waals surface area contributed by atoms with Gasteiger partial charge in [0.15, 0.2) is 5.96 Å². The Morgan fingerprint density at radius 3 is 2.94 bits per heavy atom. The number of furan rings is 1. The van der Waals surface area contributed by atoms with Gasteiger partial charge in [0.1, 0.15) is 0 Å². The van der Waals surface area contributed by atoms with E-state index >= 15 is 0 Å². The van der Waals surface area contributed by atoms with Gasteiger partial charge in [-0.2, -0.15) is 0 Å². The highest BCUT2D eigenvalue weighted by Gasteiger charge is 2.04. The van der Waals surface area contributed by atoms with Crippen LogP contribution in [0.25, 0.3) is 0 Å². The van der Waals surface area contributed by atoms with E-state index in [0.29, 0.717) is 12.4 Å². The summed E-state index contributed by atoms with van der Waals surface area (Å²) >= 11 is 0. The molecule has 6 heteroatoms. The molecule has 1 aromatic heterocycles. The maximum Gasteiger partial charge on any atom is 0.328 e. The fourth-order valence-corrected chi connectivity index (χ4v) is 1.39. The molecule has 0 radical (unpaired) electrons. The minimum absolute atomic E-state index is 0.121. The molecule has 0 fully saturated rings. The molecular formula is C12H20N4O2. The molecule has 1 aromatic rings. The van der Waals surface area contributed by atoms with E-state index in [4.69, 9.17) is 10.2 Å². The molecule has 18 heavy (non-hydrogen) atoms. The Labute approximate surface area is 107 Å². The van der Waals surface area contributed by atoms with E-state index in [2.05, 4.69) is 22.5 Å². The first-order valence-corrected chi connectivity index (χ1v) is 6.13. The smallest absolute Gasteiger partial charge is 0.328 e. The topological polar surface area (TPSA) is 92.6 Å². The average Bonchev–Trinajstić information content (AvgIpc) is 2.81. The lowest BCUT2D eigenvalue weighted by Gasteiger charge is -2.04. The summed E-state index contributed by atoms with van der Waals surface area (Å²) in [5.41, 5.74) is 5.57. The van der Waals surface area contributed by atoms with Crippen molar-refractivity contribution in [3.63, 3.8) is 0 Å². The summed E-state index contributed by atoms with van der Waals surface area (Å²) in [6.45, 7) is 2.78. The second kappa shape index (κ2) is 8.16. The lowest BCUT2D eigenvalue weighted by atomic mass is 10.2. The number of guanidine groups is 1. The highest BCUT2D eigenvalue weighted by atomic mass is 16.3. The van der Waals surface area contributed by atoms with Gasteiger partial charge in [-0.3, -0.25) is 15.6 Å². The molecule has 100 valence electrons. The second-order valence-electron chi connectivity index (χ2n) is 3.88. The summed E-state index contributed by atoms with van der Waals surface area (Å²) in [5, 5.41) is 4.91. The molecule has 2 amide bonds. The van der Waals surface area contributed by atoms with Gasteiger partial charge in [-0.05, 0) is 12.5 Å². The van der Waals surface area contributed by atoms with Crippen molar-refractivity contribution in [1.82, 2.24) is 5.32 Å². The normalized spacial score (nSPS) is 11.3. The van der Waals surface area contributed by atoms with Crippen LogP contribution in [-0.2, 0) is 0 Å². The van der Waals surface area contributed by atoms with Crippen LogP contribution in [0, 0.1) is 0 Å². The molecule has 0 aliphatic carbocycles. The van der Waals surface area contributed by atoms with Gasteiger partial charge in [0.05, 0.1) is 6.26 Å². The molecule has 0 bridgehead atoms.